The van der Waals surface area contributed by atoms with Crippen LogP contribution in [0, 0.1) is 6.92 Å². The molecule has 0 saturated carbocycles. The Balaban J connectivity index is 1.90. The number of carbonyl (C=O) groups is 4. The van der Waals surface area contributed by atoms with E-state index in [2.05, 4.69) is 20.4 Å². The number of carbonyl (C=O) groups excluding carboxylic acids is 4. The van der Waals surface area contributed by atoms with Gasteiger partial charge < -0.3 is 20.1 Å². The van der Waals surface area contributed by atoms with Gasteiger partial charge >= 0.3 is 11.9 Å². The lowest BCUT2D eigenvalue weighted by Gasteiger charge is -2.07. The van der Waals surface area contributed by atoms with Crippen molar-refractivity contribution in [1.82, 2.24) is 10.3 Å². The highest BCUT2D eigenvalue weighted by atomic mass is 35.5. The number of benzene rings is 1. The molecule has 0 aliphatic heterocycles. The van der Waals surface area contributed by atoms with Gasteiger partial charge in [0.2, 0.25) is 5.91 Å². The van der Waals surface area contributed by atoms with Crippen molar-refractivity contribution in [2.45, 2.75) is 20.3 Å². The van der Waals surface area contributed by atoms with Crippen LogP contribution in [0.3, 0.4) is 0 Å². The predicted octanol–water partition coefficient (Wildman–Crippen LogP) is 2.83. The molecule has 1 heterocycles. The Morgan fingerprint density at radius 3 is 2.50 bits per heavy atom. The minimum atomic E-state index is -0.619. The van der Waals surface area contributed by atoms with E-state index in [0.717, 1.165) is 11.3 Å². The molecular weight excluding hydrogens is 434 g/mol. The molecule has 0 fully saturated rings. The number of hydrogen-bond acceptors (Lipinski definition) is 8. The normalized spacial score (nSPS) is 10.3. The Labute approximate surface area is 181 Å². The highest BCUT2D eigenvalue weighted by Crippen LogP contribution is 2.23. The smallest absolute Gasteiger partial charge is 0.350 e. The van der Waals surface area contributed by atoms with Crippen molar-refractivity contribution >= 4 is 51.8 Å². The zero-order valence-electron chi connectivity index (χ0n) is 16.5. The molecule has 0 spiro atoms. The van der Waals surface area contributed by atoms with E-state index >= 15 is 0 Å². The maximum Gasteiger partial charge on any atom is 0.350 e. The van der Waals surface area contributed by atoms with Crippen molar-refractivity contribution in [2.24, 2.45) is 0 Å². The third-order valence-electron chi connectivity index (χ3n) is 3.72. The van der Waals surface area contributed by atoms with Gasteiger partial charge in [-0.05, 0) is 32.0 Å². The minimum absolute atomic E-state index is 0.0243. The van der Waals surface area contributed by atoms with Gasteiger partial charge in [0.15, 0.2) is 5.13 Å². The average Bonchev–Trinajstić information content (AvgIpc) is 3.06. The summed E-state index contributed by atoms with van der Waals surface area (Å²) in [5.74, 6) is -1.99. The van der Waals surface area contributed by atoms with E-state index in [1.165, 1.54) is 25.3 Å². The number of thiazole rings is 1. The summed E-state index contributed by atoms with van der Waals surface area (Å²) in [5.41, 5.74) is 0.770. The van der Waals surface area contributed by atoms with Crippen LogP contribution in [0.25, 0.3) is 0 Å². The molecule has 0 unspecified atom stereocenters. The summed E-state index contributed by atoms with van der Waals surface area (Å²) in [7, 11) is 1.22. The second-order valence-corrected chi connectivity index (χ2v) is 7.36. The number of nitrogens with one attached hydrogen (secondary N) is 2. The SMILES string of the molecule is CCOC(=O)c1sc(NC(=O)CCNC(=O)c2cc(Cl)cc(C(=O)OC)c2)nc1C. The molecule has 9 nitrogen and oxygen atoms in total. The first-order chi connectivity index (χ1) is 14.2. The standard InChI is InChI=1S/C19H20ClN3O6S/c1-4-29-18(27)15-10(2)22-19(30-15)23-14(24)5-6-21-16(25)11-7-12(17(26)28-3)9-13(20)8-11/h7-9H,4-6H2,1-3H3,(H,21,25)(H,22,23,24). The van der Waals surface area contributed by atoms with Crippen molar-refractivity contribution in [3.8, 4) is 0 Å². The number of aryl methyl sites for hydroxylation is 1. The van der Waals surface area contributed by atoms with Gasteiger partial charge in [-0.2, -0.15) is 0 Å². The lowest BCUT2D eigenvalue weighted by atomic mass is 10.1. The van der Waals surface area contributed by atoms with Crippen LogP contribution in [0.2, 0.25) is 5.02 Å². The van der Waals surface area contributed by atoms with E-state index in [0.29, 0.717) is 10.6 Å². The monoisotopic (exact) mass is 453 g/mol. The van der Waals surface area contributed by atoms with E-state index in [-0.39, 0.29) is 46.8 Å². The maximum atomic E-state index is 12.3. The zero-order valence-corrected chi connectivity index (χ0v) is 18.1. The summed E-state index contributed by atoms with van der Waals surface area (Å²) in [6.07, 6.45) is -0.0243. The van der Waals surface area contributed by atoms with Crippen LogP contribution in [-0.2, 0) is 14.3 Å². The van der Waals surface area contributed by atoms with E-state index in [1.807, 2.05) is 0 Å². The fourth-order valence-corrected chi connectivity index (χ4v) is 3.48. The Hall–Kier alpha value is -2.98. The summed E-state index contributed by atoms with van der Waals surface area (Å²) < 4.78 is 9.55. The lowest BCUT2D eigenvalue weighted by Crippen LogP contribution is -2.27. The second kappa shape index (κ2) is 10.7. The molecular formula is C19H20ClN3O6S. The number of ether oxygens (including phenoxy) is 2. The Kier molecular flexibility index (Phi) is 8.31. The summed E-state index contributed by atoms with van der Waals surface area (Å²) in [4.78, 5) is 52.2. The quantitative estimate of drug-likeness (QED) is 0.589. The number of esters is 2. The van der Waals surface area contributed by atoms with E-state index in [4.69, 9.17) is 16.3 Å². The molecule has 0 atom stereocenters. The maximum absolute atomic E-state index is 12.3. The zero-order chi connectivity index (χ0) is 22.3. The van der Waals surface area contributed by atoms with Gasteiger partial charge in [-0.15, -0.1) is 0 Å². The summed E-state index contributed by atoms with van der Waals surface area (Å²) in [6, 6.07) is 4.14. The summed E-state index contributed by atoms with van der Waals surface area (Å²) in [6.45, 7) is 3.63. The number of hydrogen-bond donors (Lipinski definition) is 2. The van der Waals surface area contributed by atoms with E-state index in [1.54, 1.807) is 13.8 Å². The van der Waals surface area contributed by atoms with Crippen LogP contribution in [0.15, 0.2) is 18.2 Å². The third-order valence-corrected chi connectivity index (χ3v) is 4.99. The molecule has 160 valence electrons. The molecule has 0 aliphatic rings. The molecule has 2 rings (SSSR count). The van der Waals surface area contributed by atoms with Crippen LogP contribution in [0.1, 0.15) is 49.4 Å². The molecule has 0 radical (unpaired) electrons. The number of methoxy groups -OCH3 is 1. The molecule has 11 heteroatoms. The molecule has 0 bridgehead atoms. The Bertz CT molecular complexity index is 975. The van der Waals surface area contributed by atoms with Gasteiger partial charge in [0, 0.05) is 23.6 Å². The lowest BCUT2D eigenvalue weighted by molar-refractivity contribution is -0.116. The Morgan fingerprint density at radius 1 is 1.13 bits per heavy atom. The highest BCUT2D eigenvalue weighted by molar-refractivity contribution is 7.17. The van der Waals surface area contributed by atoms with Crippen molar-refractivity contribution in [3.63, 3.8) is 0 Å². The Morgan fingerprint density at radius 2 is 1.83 bits per heavy atom. The number of halogens is 1. The van der Waals surface area contributed by atoms with Crippen molar-refractivity contribution in [1.29, 1.82) is 0 Å². The fraction of sp³-hybridized carbons (Fsp3) is 0.316. The van der Waals surface area contributed by atoms with Crippen LogP contribution in [0.5, 0.6) is 0 Å². The highest BCUT2D eigenvalue weighted by Gasteiger charge is 2.18. The third kappa shape index (κ3) is 6.26. The summed E-state index contributed by atoms with van der Waals surface area (Å²) >= 11 is 6.95. The van der Waals surface area contributed by atoms with Gasteiger partial charge in [0.25, 0.3) is 5.91 Å². The molecule has 1 aromatic heterocycles. The molecule has 30 heavy (non-hydrogen) atoms. The van der Waals surface area contributed by atoms with Crippen molar-refractivity contribution < 1.29 is 28.7 Å². The molecule has 0 saturated heterocycles. The van der Waals surface area contributed by atoms with Gasteiger partial charge in [-0.1, -0.05) is 22.9 Å². The van der Waals surface area contributed by atoms with Gasteiger partial charge in [-0.3, -0.25) is 9.59 Å². The number of anilines is 1. The molecule has 2 amide bonds. The molecule has 2 aromatic rings. The first-order valence-electron chi connectivity index (χ1n) is 8.86. The van der Waals surface area contributed by atoms with Crippen LogP contribution in [0.4, 0.5) is 5.13 Å². The predicted molar refractivity (Wildman–Crippen MR) is 111 cm³/mol. The van der Waals surface area contributed by atoms with Gasteiger partial charge in [0.05, 0.1) is 25.0 Å². The van der Waals surface area contributed by atoms with Crippen molar-refractivity contribution in [3.05, 3.63) is 44.9 Å². The largest absolute Gasteiger partial charge is 0.465 e. The second-order valence-electron chi connectivity index (χ2n) is 5.93. The minimum Gasteiger partial charge on any atom is -0.465 e. The van der Waals surface area contributed by atoms with Crippen LogP contribution in [-0.4, -0.2) is 49.0 Å². The number of nitrogens with zero attached hydrogens (tertiary/aromatic N) is 1. The number of aromatic nitrogens is 1. The van der Waals surface area contributed by atoms with E-state index < -0.39 is 17.8 Å². The fourth-order valence-electron chi connectivity index (χ4n) is 2.37. The molecule has 0 aliphatic carbocycles. The summed E-state index contributed by atoms with van der Waals surface area (Å²) in [5, 5.41) is 5.63. The average molecular weight is 454 g/mol. The van der Waals surface area contributed by atoms with Crippen molar-refractivity contribution in [2.75, 3.05) is 25.6 Å². The van der Waals surface area contributed by atoms with Crippen LogP contribution < -0.4 is 10.6 Å². The topological polar surface area (TPSA) is 124 Å². The molecule has 1 aromatic carbocycles. The molecule has 2 N–H and O–H groups in total. The number of rotatable bonds is 8. The van der Waals surface area contributed by atoms with Gasteiger partial charge in [0.1, 0.15) is 4.88 Å². The number of amides is 2. The first kappa shape index (κ1) is 23.3. The van der Waals surface area contributed by atoms with Crippen LogP contribution >= 0.6 is 22.9 Å². The first-order valence-corrected chi connectivity index (χ1v) is 10.1. The van der Waals surface area contributed by atoms with Gasteiger partial charge in [-0.25, -0.2) is 14.6 Å². The van der Waals surface area contributed by atoms with E-state index in [9.17, 15) is 19.2 Å².